The molecule has 0 bridgehead atoms. The summed E-state index contributed by atoms with van der Waals surface area (Å²) >= 11 is 2.45. The molecule has 0 aromatic carbocycles. The highest BCUT2D eigenvalue weighted by molar-refractivity contribution is 14.1. The number of hydrogen-bond acceptors (Lipinski definition) is 1. The predicted molar refractivity (Wildman–Crippen MR) is 35.3 cm³/mol. The average Bonchev–Trinajstić information content (AvgIpc) is 2.19. The van der Waals surface area contributed by atoms with Gasteiger partial charge in [0, 0.05) is 9.97 Å². The second kappa shape index (κ2) is 1.66. The van der Waals surface area contributed by atoms with E-state index in [1.807, 2.05) is 7.05 Å². The maximum absolute atomic E-state index is 3.18. The fraction of sp³-hybridized carbons (Fsp3) is 1.00. The van der Waals surface area contributed by atoms with Gasteiger partial charge in [0.25, 0.3) is 0 Å². The summed E-state index contributed by atoms with van der Waals surface area (Å²) in [5.41, 5.74) is 0. The first-order chi connectivity index (χ1) is 2.84. The Kier molecular flexibility index (Phi) is 1.34. The highest BCUT2D eigenvalue weighted by atomic mass is 127. The van der Waals surface area contributed by atoms with Crippen molar-refractivity contribution in [3.05, 3.63) is 0 Å². The lowest BCUT2D eigenvalue weighted by molar-refractivity contribution is 0.817. The van der Waals surface area contributed by atoms with Gasteiger partial charge in [0.15, 0.2) is 0 Å². The quantitative estimate of drug-likeness (QED) is 0.483. The lowest BCUT2D eigenvalue weighted by atomic mass is 10.7. The van der Waals surface area contributed by atoms with Gasteiger partial charge < -0.3 is 5.32 Å². The number of halogens is 1. The summed E-state index contributed by atoms with van der Waals surface area (Å²) in [4.78, 5) is 0. The first-order valence-corrected chi connectivity index (χ1v) is 3.40. The molecule has 0 spiro atoms. The summed E-state index contributed by atoms with van der Waals surface area (Å²) in [6.07, 6.45) is 1.37. The van der Waals surface area contributed by atoms with Crippen molar-refractivity contribution in [2.75, 3.05) is 7.05 Å². The zero-order valence-electron chi connectivity index (χ0n) is 3.74. The van der Waals surface area contributed by atoms with Gasteiger partial charge in [0.1, 0.15) is 0 Å². The zero-order chi connectivity index (χ0) is 4.57. The van der Waals surface area contributed by atoms with E-state index in [0.29, 0.717) is 0 Å². The Morgan fingerprint density at radius 3 is 2.33 bits per heavy atom. The van der Waals surface area contributed by atoms with E-state index in [-0.39, 0.29) is 0 Å². The molecule has 2 unspecified atom stereocenters. The SMILES string of the molecule is CNC1CC1I. The predicted octanol–water partition coefficient (Wildman–Crippen LogP) is 0.782. The Morgan fingerprint density at radius 2 is 2.33 bits per heavy atom. The number of alkyl halides is 1. The van der Waals surface area contributed by atoms with E-state index in [4.69, 9.17) is 0 Å². The summed E-state index contributed by atoms with van der Waals surface area (Å²) in [7, 11) is 2.02. The summed E-state index contributed by atoms with van der Waals surface area (Å²) in [5, 5.41) is 3.18. The van der Waals surface area contributed by atoms with E-state index in [0.717, 1.165) is 9.97 Å². The van der Waals surface area contributed by atoms with Crippen LogP contribution in [0.2, 0.25) is 0 Å². The van der Waals surface area contributed by atoms with Crippen LogP contribution in [0.3, 0.4) is 0 Å². The van der Waals surface area contributed by atoms with Crippen LogP contribution < -0.4 is 5.32 Å². The number of rotatable bonds is 1. The molecular weight excluding hydrogens is 189 g/mol. The molecule has 2 atom stereocenters. The Bertz CT molecular complexity index is 53.5. The van der Waals surface area contributed by atoms with Crippen molar-refractivity contribution < 1.29 is 0 Å². The maximum atomic E-state index is 3.18. The largest absolute Gasteiger partial charge is 0.316 e. The van der Waals surface area contributed by atoms with Gasteiger partial charge in [-0.15, -0.1) is 0 Å². The van der Waals surface area contributed by atoms with Gasteiger partial charge in [-0.05, 0) is 13.5 Å². The van der Waals surface area contributed by atoms with E-state index < -0.39 is 0 Å². The van der Waals surface area contributed by atoms with Gasteiger partial charge in [-0.3, -0.25) is 0 Å². The Hall–Kier alpha value is 0.690. The Balaban J connectivity index is 2.09. The minimum Gasteiger partial charge on any atom is -0.316 e. The molecule has 0 aromatic rings. The molecular formula is C4H8IN. The van der Waals surface area contributed by atoms with E-state index in [1.54, 1.807) is 0 Å². The number of nitrogens with one attached hydrogen (secondary N) is 1. The minimum atomic E-state index is 0.839. The van der Waals surface area contributed by atoms with Crippen molar-refractivity contribution in [2.45, 2.75) is 16.4 Å². The van der Waals surface area contributed by atoms with Crippen LogP contribution in [0.1, 0.15) is 6.42 Å². The fourth-order valence-corrected chi connectivity index (χ4v) is 1.37. The van der Waals surface area contributed by atoms with E-state index in [2.05, 4.69) is 27.9 Å². The maximum Gasteiger partial charge on any atom is 0.0279 e. The molecule has 6 heavy (non-hydrogen) atoms. The van der Waals surface area contributed by atoms with E-state index >= 15 is 0 Å². The van der Waals surface area contributed by atoms with Gasteiger partial charge >= 0.3 is 0 Å². The van der Waals surface area contributed by atoms with Crippen LogP contribution in [0.5, 0.6) is 0 Å². The highest BCUT2D eigenvalue weighted by Gasteiger charge is 2.32. The monoisotopic (exact) mass is 197 g/mol. The van der Waals surface area contributed by atoms with Crippen molar-refractivity contribution in [1.82, 2.24) is 5.32 Å². The first-order valence-electron chi connectivity index (χ1n) is 2.16. The molecule has 1 saturated carbocycles. The van der Waals surface area contributed by atoms with Crippen LogP contribution in [0.4, 0.5) is 0 Å². The molecule has 36 valence electrons. The van der Waals surface area contributed by atoms with Gasteiger partial charge in [0.2, 0.25) is 0 Å². The van der Waals surface area contributed by atoms with Crippen LogP contribution in [-0.4, -0.2) is 17.0 Å². The second-order valence-electron chi connectivity index (χ2n) is 1.65. The van der Waals surface area contributed by atoms with Crippen LogP contribution in [-0.2, 0) is 0 Å². The van der Waals surface area contributed by atoms with Gasteiger partial charge in [-0.25, -0.2) is 0 Å². The molecule has 1 aliphatic carbocycles. The highest BCUT2D eigenvalue weighted by Crippen LogP contribution is 2.29. The topological polar surface area (TPSA) is 12.0 Å². The molecule has 0 saturated heterocycles. The third-order valence-electron chi connectivity index (χ3n) is 1.08. The first kappa shape index (κ1) is 4.84. The molecule has 1 fully saturated rings. The van der Waals surface area contributed by atoms with Gasteiger partial charge in [-0.1, -0.05) is 22.6 Å². The molecule has 0 heterocycles. The summed E-state index contributed by atoms with van der Waals surface area (Å²) in [6, 6.07) is 0.839. The van der Waals surface area contributed by atoms with Crippen molar-refractivity contribution in [1.29, 1.82) is 0 Å². The van der Waals surface area contributed by atoms with Crippen molar-refractivity contribution in [3.8, 4) is 0 Å². The van der Waals surface area contributed by atoms with Crippen molar-refractivity contribution in [3.63, 3.8) is 0 Å². The zero-order valence-corrected chi connectivity index (χ0v) is 5.90. The third-order valence-corrected chi connectivity index (χ3v) is 2.46. The average molecular weight is 197 g/mol. The van der Waals surface area contributed by atoms with Crippen molar-refractivity contribution in [2.24, 2.45) is 0 Å². The van der Waals surface area contributed by atoms with E-state index in [1.165, 1.54) is 6.42 Å². The van der Waals surface area contributed by atoms with Crippen LogP contribution >= 0.6 is 22.6 Å². The Labute approximate surface area is 51.6 Å². The molecule has 0 aromatic heterocycles. The molecule has 1 aliphatic rings. The normalized spacial score (nSPS) is 43.0. The lowest BCUT2D eigenvalue weighted by Crippen LogP contribution is -2.09. The summed E-state index contributed by atoms with van der Waals surface area (Å²) in [6.45, 7) is 0. The standard InChI is InChI=1S/C4H8IN/c1-6-4-2-3(4)5/h3-4,6H,2H2,1H3. The molecule has 2 heteroatoms. The molecule has 1 nitrogen and oxygen atoms in total. The van der Waals surface area contributed by atoms with Gasteiger partial charge in [-0.2, -0.15) is 0 Å². The molecule has 0 aliphatic heterocycles. The molecule has 1 rings (SSSR count). The molecule has 1 N–H and O–H groups in total. The van der Waals surface area contributed by atoms with Gasteiger partial charge in [0.05, 0.1) is 0 Å². The smallest absolute Gasteiger partial charge is 0.0279 e. The van der Waals surface area contributed by atoms with Crippen LogP contribution in [0.15, 0.2) is 0 Å². The second-order valence-corrected chi connectivity index (χ2v) is 3.25. The van der Waals surface area contributed by atoms with Crippen LogP contribution in [0, 0.1) is 0 Å². The lowest BCUT2D eigenvalue weighted by Gasteiger charge is -1.83. The Morgan fingerprint density at radius 1 is 1.83 bits per heavy atom. The number of hydrogen-bond donors (Lipinski definition) is 1. The molecule has 0 amide bonds. The molecule has 0 radical (unpaired) electrons. The third kappa shape index (κ3) is 0.846. The van der Waals surface area contributed by atoms with Crippen molar-refractivity contribution >= 4 is 22.6 Å². The summed E-state index contributed by atoms with van der Waals surface area (Å²) in [5.74, 6) is 0. The van der Waals surface area contributed by atoms with Crippen LogP contribution in [0.25, 0.3) is 0 Å². The minimum absolute atomic E-state index is 0.839. The fourth-order valence-electron chi connectivity index (χ4n) is 0.463. The summed E-state index contributed by atoms with van der Waals surface area (Å²) < 4.78 is 0.924. The van der Waals surface area contributed by atoms with E-state index in [9.17, 15) is 0 Å².